The average molecular weight is 515 g/mol. The first kappa shape index (κ1) is 27.5. The molecule has 29 heavy (non-hydrogen) atoms. The molecule has 1 fully saturated rings. The van der Waals surface area contributed by atoms with Crippen molar-refractivity contribution in [1.82, 2.24) is 0 Å². The van der Waals surface area contributed by atoms with Crippen LogP contribution in [0.5, 0.6) is 0 Å². The fraction of sp³-hybridized carbons (Fsp3) is 0.692. The number of hydrogen-bond donors (Lipinski definition) is 0. The van der Waals surface area contributed by atoms with Crippen LogP contribution in [0.1, 0.15) is 106 Å². The van der Waals surface area contributed by atoms with Crippen LogP contribution in [0.2, 0.25) is 0 Å². The van der Waals surface area contributed by atoms with Crippen LogP contribution in [0.4, 0.5) is 0 Å². The van der Waals surface area contributed by atoms with Crippen molar-refractivity contribution in [2.75, 3.05) is 0 Å². The van der Waals surface area contributed by atoms with E-state index in [1.165, 1.54) is 64.2 Å². The first-order valence-electron chi connectivity index (χ1n) is 11.5. The van der Waals surface area contributed by atoms with E-state index in [1.54, 1.807) is 16.7 Å². The maximum absolute atomic E-state index is 2.68. The van der Waals surface area contributed by atoms with Gasteiger partial charge in [-0.15, -0.1) is 0 Å². The fourth-order valence-corrected chi connectivity index (χ4v) is 10.2. The Bertz CT molecular complexity index is 698. The second-order valence-corrected chi connectivity index (χ2v) is 12.7. The molecule has 3 heteroatoms. The molecule has 0 aromatic rings. The van der Waals surface area contributed by atoms with Crippen molar-refractivity contribution < 1.29 is 48.0 Å². The largest absolute Gasteiger partial charge is 1.00 e. The van der Waals surface area contributed by atoms with Crippen molar-refractivity contribution in [2.24, 2.45) is 11.3 Å². The normalized spacial score (nSPS) is 22.2. The molecule has 162 valence electrons. The molecule has 3 aliphatic rings. The van der Waals surface area contributed by atoms with Gasteiger partial charge in [0.25, 0.3) is 0 Å². The minimum atomic E-state index is -0.736. The van der Waals surface area contributed by atoms with Crippen LogP contribution >= 0.6 is 0 Å². The van der Waals surface area contributed by atoms with Gasteiger partial charge < -0.3 is 24.8 Å². The first-order chi connectivity index (χ1) is 12.9. The predicted octanol–water partition coefficient (Wildman–Crippen LogP) is 2.47. The van der Waals surface area contributed by atoms with Gasteiger partial charge in [0, 0.05) is 0 Å². The average Bonchev–Trinajstić information content (AvgIpc) is 2.93. The maximum Gasteiger partial charge on any atom is -1.00 e. The summed E-state index contributed by atoms with van der Waals surface area (Å²) in [5.41, 5.74) is 8.86. The van der Waals surface area contributed by atoms with Crippen LogP contribution in [0.25, 0.3) is 0 Å². The van der Waals surface area contributed by atoms with Gasteiger partial charge in [-0.25, -0.2) is 0 Å². The van der Waals surface area contributed by atoms with Gasteiger partial charge >= 0.3 is 181 Å². The summed E-state index contributed by atoms with van der Waals surface area (Å²) in [6, 6.07) is 0. The van der Waals surface area contributed by atoms with Crippen LogP contribution in [0.3, 0.4) is 0 Å². The van der Waals surface area contributed by atoms with Crippen molar-refractivity contribution in [2.45, 2.75) is 106 Å². The molecule has 0 radical (unpaired) electrons. The third-order valence-corrected chi connectivity index (χ3v) is 12.9. The molecule has 0 aliphatic heterocycles. The molecule has 0 saturated heterocycles. The van der Waals surface area contributed by atoms with E-state index >= 15 is 0 Å². The van der Waals surface area contributed by atoms with Crippen LogP contribution in [-0.4, -0.2) is 0 Å². The molecule has 0 N–H and O–H groups in total. The Balaban J connectivity index is 0.00000210. The summed E-state index contributed by atoms with van der Waals surface area (Å²) in [4.78, 5) is 0. The SMILES string of the molecule is CCCCC1=[C]([Zr+2][C]2=C(C)C(C)=C(C)C2(C)C)C(C2CCCCCC2)=CC1.[Cl-].[Cl-]. The Morgan fingerprint density at radius 2 is 1.59 bits per heavy atom. The Morgan fingerprint density at radius 3 is 2.10 bits per heavy atom. The van der Waals surface area contributed by atoms with Gasteiger partial charge in [-0.05, 0) is 0 Å². The molecular weight excluding hydrogens is 474 g/mol. The van der Waals surface area contributed by atoms with E-state index in [1.807, 2.05) is 17.7 Å². The van der Waals surface area contributed by atoms with Gasteiger partial charge in [-0.3, -0.25) is 0 Å². The molecule has 0 nitrogen and oxygen atoms in total. The zero-order chi connectivity index (χ0) is 19.6. The number of allylic oxidation sites excluding steroid dienone is 8. The first-order valence-corrected chi connectivity index (χ1v) is 13.9. The van der Waals surface area contributed by atoms with Gasteiger partial charge in [0.1, 0.15) is 0 Å². The summed E-state index contributed by atoms with van der Waals surface area (Å²) in [7, 11) is 0. The van der Waals surface area contributed by atoms with E-state index < -0.39 is 23.2 Å². The monoisotopic (exact) mass is 512 g/mol. The van der Waals surface area contributed by atoms with Crippen molar-refractivity contribution >= 4 is 0 Å². The van der Waals surface area contributed by atoms with Crippen LogP contribution in [0, 0.1) is 11.3 Å². The van der Waals surface area contributed by atoms with Crippen LogP contribution in [0.15, 0.2) is 40.5 Å². The molecule has 0 atom stereocenters. The summed E-state index contributed by atoms with van der Waals surface area (Å²) in [5, 5.41) is 0. The van der Waals surface area contributed by atoms with Gasteiger partial charge in [-0.1, -0.05) is 0 Å². The quantitative estimate of drug-likeness (QED) is 0.478. The van der Waals surface area contributed by atoms with Gasteiger partial charge in [0.15, 0.2) is 0 Å². The van der Waals surface area contributed by atoms with Crippen molar-refractivity contribution in [3.63, 3.8) is 0 Å². The predicted molar refractivity (Wildman–Crippen MR) is 115 cm³/mol. The zero-order valence-corrected chi connectivity index (χ0v) is 23.5. The molecule has 0 spiro atoms. The smallest absolute Gasteiger partial charge is 1.00 e. The molecular formula is C26H40Cl2Zr. The molecule has 0 unspecified atom stereocenters. The second kappa shape index (κ2) is 11.9. The molecule has 0 bridgehead atoms. The molecule has 0 amide bonds. The second-order valence-electron chi connectivity index (χ2n) is 9.63. The van der Waals surface area contributed by atoms with Crippen LogP contribution in [-0.2, 0) is 23.2 Å². The molecule has 0 heterocycles. The number of hydrogen-bond acceptors (Lipinski definition) is 0. The summed E-state index contributed by atoms with van der Waals surface area (Å²) in [6.45, 7) is 14.5. The molecule has 3 aliphatic carbocycles. The molecule has 0 aromatic heterocycles. The minimum absolute atomic E-state index is 0. The third-order valence-electron chi connectivity index (χ3n) is 7.65. The number of unbranched alkanes of at least 4 members (excludes halogenated alkanes) is 1. The van der Waals surface area contributed by atoms with Gasteiger partial charge in [-0.2, -0.15) is 0 Å². The van der Waals surface area contributed by atoms with Gasteiger partial charge in [0.2, 0.25) is 0 Å². The molecule has 1 saturated carbocycles. The topological polar surface area (TPSA) is 0 Å². The Kier molecular flexibility index (Phi) is 11.2. The van der Waals surface area contributed by atoms with Crippen molar-refractivity contribution in [1.29, 1.82) is 0 Å². The van der Waals surface area contributed by atoms with Crippen molar-refractivity contribution in [3.05, 3.63) is 40.5 Å². The van der Waals surface area contributed by atoms with E-state index in [4.69, 9.17) is 0 Å². The maximum atomic E-state index is 2.68. The van der Waals surface area contributed by atoms with Gasteiger partial charge in [0.05, 0.1) is 0 Å². The number of halogens is 2. The Labute approximate surface area is 204 Å². The van der Waals surface area contributed by atoms with E-state index in [-0.39, 0.29) is 24.8 Å². The summed E-state index contributed by atoms with van der Waals surface area (Å²) in [6.07, 6.45) is 16.8. The Hall–Kier alpha value is 0.423. The van der Waals surface area contributed by atoms with Crippen LogP contribution < -0.4 is 24.8 Å². The molecule has 0 aromatic carbocycles. The Morgan fingerprint density at radius 1 is 0.966 bits per heavy atom. The fourth-order valence-electron chi connectivity index (χ4n) is 5.35. The zero-order valence-electron chi connectivity index (χ0n) is 19.5. The van der Waals surface area contributed by atoms with E-state index in [0.717, 1.165) is 5.92 Å². The standard InChI is InChI=1S/C16H25.C10H15.2ClH.Zr/c1-2-3-8-14-11-12-16(13-14)15-9-6-4-5-7-10-15;1-7-6-10(4,5)9(3)8(7)2;;;/h12,15H,2-11H2,1H3;1-5H3;2*1H;/q;;;;+2/p-2. The van der Waals surface area contributed by atoms with E-state index in [0.29, 0.717) is 5.41 Å². The third kappa shape index (κ3) is 5.81. The molecule has 3 rings (SSSR count). The van der Waals surface area contributed by atoms with E-state index in [9.17, 15) is 0 Å². The van der Waals surface area contributed by atoms with Crippen molar-refractivity contribution in [3.8, 4) is 0 Å². The summed E-state index contributed by atoms with van der Waals surface area (Å²) >= 11 is -0.736. The van der Waals surface area contributed by atoms with E-state index in [2.05, 4.69) is 47.6 Å². The number of rotatable bonds is 6. The summed E-state index contributed by atoms with van der Waals surface area (Å²) < 4.78 is 3.80. The minimum Gasteiger partial charge on any atom is -1.00 e. The summed E-state index contributed by atoms with van der Waals surface area (Å²) in [5.74, 6) is 0.878.